The number of rotatable bonds is 4. The van der Waals surface area contributed by atoms with Crippen molar-refractivity contribution >= 4 is 16.7 Å². The minimum atomic E-state index is -0.185. The summed E-state index contributed by atoms with van der Waals surface area (Å²) in [4.78, 5) is 14.0. The van der Waals surface area contributed by atoms with Gasteiger partial charge in [0.05, 0.1) is 7.11 Å². The van der Waals surface area contributed by atoms with Gasteiger partial charge in [0.25, 0.3) is 5.91 Å². The first-order chi connectivity index (χ1) is 11.6. The predicted molar refractivity (Wildman–Crippen MR) is 91.7 cm³/mol. The van der Waals surface area contributed by atoms with Crippen LogP contribution in [0, 0.1) is 5.21 Å². The Bertz CT molecular complexity index is 893. The van der Waals surface area contributed by atoms with Crippen LogP contribution in [0.3, 0.4) is 0 Å². The van der Waals surface area contributed by atoms with Crippen LogP contribution >= 0.6 is 0 Å². The van der Waals surface area contributed by atoms with Crippen LogP contribution in [0.25, 0.3) is 10.8 Å². The summed E-state index contributed by atoms with van der Waals surface area (Å²) in [7, 11) is 3.37. The second-order valence-corrected chi connectivity index (χ2v) is 5.66. The lowest BCUT2D eigenvalue weighted by Crippen LogP contribution is -2.31. The minimum absolute atomic E-state index is 0.185. The van der Waals surface area contributed by atoms with E-state index in [2.05, 4.69) is 6.07 Å². The van der Waals surface area contributed by atoms with E-state index in [9.17, 15) is 10.0 Å². The van der Waals surface area contributed by atoms with Crippen LogP contribution in [-0.2, 0) is 6.54 Å². The van der Waals surface area contributed by atoms with Gasteiger partial charge in [0.15, 0.2) is 12.4 Å². The predicted octanol–water partition coefficient (Wildman–Crippen LogP) is 2.75. The summed E-state index contributed by atoms with van der Waals surface area (Å²) < 4.78 is 5.86. The Morgan fingerprint density at radius 2 is 1.92 bits per heavy atom. The number of pyridine rings is 1. The molecule has 0 radical (unpaired) electrons. The van der Waals surface area contributed by atoms with E-state index >= 15 is 0 Å². The van der Waals surface area contributed by atoms with Crippen LogP contribution in [-0.4, -0.2) is 25.0 Å². The van der Waals surface area contributed by atoms with Gasteiger partial charge in [-0.15, -0.1) is 0 Å². The van der Waals surface area contributed by atoms with Crippen LogP contribution < -0.4 is 9.47 Å². The van der Waals surface area contributed by atoms with Crippen molar-refractivity contribution < 1.29 is 14.3 Å². The normalized spacial score (nSPS) is 10.6. The lowest BCUT2D eigenvalue weighted by Gasteiger charge is -2.17. The maximum absolute atomic E-state index is 12.4. The fourth-order valence-electron chi connectivity index (χ4n) is 2.65. The van der Waals surface area contributed by atoms with E-state index < -0.39 is 0 Å². The standard InChI is InChI=1S/C19H18N2O3/c1-20(19(22)17-4-3-9-21(23)13-17)12-14-5-6-16-11-18(24-2)8-7-15(16)10-14/h3-11,13H,12H2,1-2H3. The number of hydrogen-bond acceptors (Lipinski definition) is 3. The topological polar surface area (TPSA) is 56.5 Å². The van der Waals surface area contributed by atoms with Crippen molar-refractivity contribution in [2.45, 2.75) is 6.54 Å². The van der Waals surface area contributed by atoms with Crippen molar-refractivity contribution in [3.8, 4) is 5.75 Å². The zero-order valence-electron chi connectivity index (χ0n) is 13.6. The molecule has 3 rings (SSSR count). The van der Waals surface area contributed by atoms with E-state index in [1.807, 2.05) is 30.3 Å². The molecule has 5 nitrogen and oxygen atoms in total. The number of fused-ring (bicyclic) bond motifs is 1. The minimum Gasteiger partial charge on any atom is -0.619 e. The summed E-state index contributed by atoms with van der Waals surface area (Å²) in [5.74, 6) is 0.632. The fraction of sp³-hybridized carbons (Fsp3) is 0.158. The highest BCUT2D eigenvalue weighted by Crippen LogP contribution is 2.22. The smallest absolute Gasteiger partial charge is 0.260 e. The van der Waals surface area contributed by atoms with Crippen molar-refractivity contribution in [2.75, 3.05) is 14.2 Å². The molecule has 1 aromatic heterocycles. The van der Waals surface area contributed by atoms with E-state index in [0.29, 0.717) is 16.8 Å². The largest absolute Gasteiger partial charge is 0.619 e. The van der Waals surface area contributed by atoms with Crippen LogP contribution in [0.15, 0.2) is 60.9 Å². The molecular formula is C19H18N2O3. The van der Waals surface area contributed by atoms with E-state index in [1.54, 1.807) is 31.2 Å². The van der Waals surface area contributed by atoms with Gasteiger partial charge in [-0.1, -0.05) is 18.2 Å². The highest BCUT2D eigenvalue weighted by atomic mass is 16.5. The summed E-state index contributed by atoms with van der Waals surface area (Å²) >= 11 is 0. The molecule has 0 fully saturated rings. The van der Waals surface area contributed by atoms with Gasteiger partial charge in [-0.05, 0) is 40.6 Å². The monoisotopic (exact) mass is 322 g/mol. The Morgan fingerprint density at radius 3 is 2.67 bits per heavy atom. The number of hydrogen-bond donors (Lipinski definition) is 0. The third-order valence-electron chi connectivity index (χ3n) is 3.90. The SMILES string of the molecule is COc1ccc2cc(CN(C)C(=O)c3ccc[n+]([O-])c3)ccc2c1. The first kappa shape index (κ1) is 15.8. The average molecular weight is 322 g/mol. The van der Waals surface area contributed by atoms with Gasteiger partial charge in [-0.25, -0.2) is 0 Å². The van der Waals surface area contributed by atoms with Crippen molar-refractivity contribution in [1.29, 1.82) is 0 Å². The molecular weight excluding hydrogens is 304 g/mol. The second-order valence-electron chi connectivity index (χ2n) is 5.66. The zero-order chi connectivity index (χ0) is 17.1. The molecule has 0 bridgehead atoms. The van der Waals surface area contributed by atoms with Gasteiger partial charge >= 0.3 is 0 Å². The summed E-state index contributed by atoms with van der Waals surface area (Å²) in [5.41, 5.74) is 1.40. The molecule has 5 heteroatoms. The third-order valence-corrected chi connectivity index (χ3v) is 3.90. The summed E-state index contributed by atoms with van der Waals surface area (Å²) in [6.45, 7) is 0.467. The van der Waals surface area contributed by atoms with Crippen LogP contribution in [0.2, 0.25) is 0 Å². The van der Waals surface area contributed by atoms with Gasteiger partial charge in [-0.3, -0.25) is 4.79 Å². The number of carbonyl (C=O) groups excluding carboxylic acids is 1. The molecule has 0 saturated heterocycles. The van der Waals surface area contributed by atoms with E-state index in [1.165, 1.54) is 12.4 Å². The van der Waals surface area contributed by atoms with Gasteiger partial charge in [-0.2, -0.15) is 4.73 Å². The molecule has 0 aliphatic heterocycles. The molecule has 0 spiro atoms. The Hall–Kier alpha value is -3.08. The third kappa shape index (κ3) is 3.30. The number of ether oxygens (including phenoxy) is 1. The molecule has 0 N–H and O–H groups in total. The van der Waals surface area contributed by atoms with Crippen molar-refractivity contribution in [3.05, 3.63) is 77.3 Å². The number of aromatic nitrogens is 1. The number of carbonyl (C=O) groups is 1. The first-order valence-electron chi connectivity index (χ1n) is 7.58. The van der Waals surface area contributed by atoms with E-state index in [0.717, 1.165) is 22.1 Å². The molecule has 122 valence electrons. The Kier molecular flexibility index (Phi) is 4.33. The summed E-state index contributed by atoms with van der Waals surface area (Å²) in [5, 5.41) is 13.5. The molecule has 0 aliphatic carbocycles. The summed E-state index contributed by atoms with van der Waals surface area (Å²) in [6.07, 6.45) is 2.64. The fourth-order valence-corrected chi connectivity index (χ4v) is 2.65. The van der Waals surface area contributed by atoms with Crippen molar-refractivity contribution in [2.24, 2.45) is 0 Å². The number of methoxy groups -OCH3 is 1. The van der Waals surface area contributed by atoms with Crippen LogP contribution in [0.4, 0.5) is 0 Å². The van der Waals surface area contributed by atoms with Crippen LogP contribution in [0.5, 0.6) is 5.75 Å². The molecule has 0 saturated carbocycles. The Morgan fingerprint density at radius 1 is 1.17 bits per heavy atom. The van der Waals surface area contributed by atoms with Crippen molar-refractivity contribution in [1.82, 2.24) is 4.90 Å². The van der Waals surface area contributed by atoms with Gasteiger partial charge in [0.2, 0.25) is 0 Å². The second kappa shape index (κ2) is 6.58. The molecule has 2 aromatic carbocycles. The number of nitrogens with zero attached hydrogens (tertiary/aromatic N) is 2. The van der Waals surface area contributed by atoms with Gasteiger partial charge in [0, 0.05) is 19.7 Å². The molecule has 0 unspecified atom stereocenters. The lowest BCUT2D eigenvalue weighted by molar-refractivity contribution is -0.605. The molecule has 1 amide bonds. The van der Waals surface area contributed by atoms with Crippen LogP contribution in [0.1, 0.15) is 15.9 Å². The first-order valence-corrected chi connectivity index (χ1v) is 7.58. The van der Waals surface area contributed by atoms with E-state index in [4.69, 9.17) is 4.74 Å². The zero-order valence-corrected chi connectivity index (χ0v) is 13.6. The Labute approximate surface area is 140 Å². The van der Waals surface area contributed by atoms with Gasteiger partial charge < -0.3 is 14.8 Å². The molecule has 3 aromatic rings. The van der Waals surface area contributed by atoms with Gasteiger partial charge in [0.1, 0.15) is 11.3 Å². The lowest BCUT2D eigenvalue weighted by atomic mass is 10.1. The molecule has 24 heavy (non-hydrogen) atoms. The summed E-state index contributed by atoms with van der Waals surface area (Å²) in [6, 6.07) is 15.2. The molecule has 0 atom stereocenters. The molecule has 0 aliphatic rings. The maximum atomic E-state index is 12.4. The maximum Gasteiger partial charge on any atom is 0.260 e. The highest BCUT2D eigenvalue weighted by Gasteiger charge is 2.14. The quantitative estimate of drug-likeness (QED) is 0.548. The van der Waals surface area contributed by atoms with Crippen molar-refractivity contribution in [3.63, 3.8) is 0 Å². The number of amides is 1. The van der Waals surface area contributed by atoms with E-state index in [-0.39, 0.29) is 5.91 Å². The number of benzene rings is 2. The molecule has 1 heterocycles. The highest BCUT2D eigenvalue weighted by molar-refractivity contribution is 5.93. The average Bonchev–Trinajstić information content (AvgIpc) is 2.60. The Balaban J connectivity index is 1.79.